The van der Waals surface area contributed by atoms with Crippen molar-refractivity contribution in [2.45, 2.75) is 19.9 Å². The predicted molar refractivity (Wildman–Crippen MR) is 76.0 cm³/mol. The largest absolute Gasteiger partial charge is 0.341 e. The quantitative estimate of drug-likeness (QED) is 0.818. The van der Waals surface area contributed by atoms with Crippen LogP contribution in [0.3, 0.4) is 0 Å². The van der Waals surface area contributed by atoms with Gasteiger partial charge in [0, 0.05) is 24.0 Å². The Kier molecular flexibility index (Phi) is 4.64. The van der Waals surface area contributed by atoms with Gasteiger partial charge in [0.15, 0.2) is 0 Å². The van der Waals surface area contributed by atoms with Crippen LogP contribution >= 0.6 is 23.2 Å². The fraction of sp³-hybridized carbons (Fsp3) is 0.308. The fourth-order valence-corrected chi connectivity index (χ4v) is 1.94. The fourth-order valence-electron chi connectivity index (χ4n) is 1.64. The van der Waals surface area contributed by atoms with Crippen molar-refractivity contribution < 1.29 is 0 Å². The van der Waals surface area contributed by atoms with Crippen LogP contribution in [0.4, 0.5) is 0 Å². The number of rotatable bonds is 5. The van der Waals surface area contributed by atoms with Gasteiger partial charge in [-0.05, 0) is 31.2 Å². The predicted octanol–water partition coefficient (Wildman–Crippen LogP) is 3.88. The summed E-state index contributed by atoms with van der Waals surface area (Å²) in [6, 6.07) is 5.49. The number of hydrogen-bond donors (Lipinski definition) is 2. The molecule has 2 N–H and O–H groups in total. The summed E-state index contributed by atoms with van der Waals surface area (Å²) in [5.41, 5.74) is 2.00. The van der Waals surface area contributed by atoms with Gasteiger partial charge in [-0.25, -0.2) is 4.98 Å². The third-order valence-electron chi connectivity index (χ3n) is 2.56. The van der Waals surface area contributed by atoms with Crippen LogP contribution in [0, 0.1) is 0 Å². The maximum Gasteiger partial charge on any atom is 0.137 e. The Bertz CT molecular complexity index is 523. The van der Waals surface area contributed by atoms with Gasteiger partial charge in [0.1, 0.15) is 5.82 Å². The van der Waals surface area contributed by atoms with Gasteiger partial charge in [-0.2, -0.15) is 0 Å². The van der Waals surface area contributed by atoms with Gasteiger partial charge in [0.2, 0.25) is 0 Å². The first kappa shape index (κ1) is 13.4. The van der Waals surface area contributed by atoms with Crippen molar-refractivity contribution in [3.8, 4) is 11.4 Å². The van der Waals surface area contributed by atoms with E-state index in [-0.39, 0.29) is 0 Å². The highest BCUT2D eigenvalue weighted by Gasteiger charge is 2.05. The Morgan fingerprint density at radius 2 is 2.11 bits per heavy atom. The number of aromatic amines is 1. The minimum Gasteiger partial charge on any atom is -0.341 e. The maximum absolute atomic E-state index is 5.99. The normalized spacial score (nSPS) is 10.8. The van der Waals surface area contributed by atoms with Crippen LogP contribution in [0.2, 0.25) is 10.0 Å². The van der Waals surface area contributed by atoms with Crippen LogP contribution in [-0.2, 0) is 6.54 Å². The second-order valence-electron chi connectivity index (χ2n) is 4.06. The molecular weight excluding hydrogens is 269 g/mol. The molecule has 0 saturated carbocycles. The molecule has 2 rings (SSSR count). The molecule has 0 saturated heterocycles. The molecule has 1 heterocycles. The molecule has 2 aromatic rings. The lowest BCUT2D eigenvalue weighted by Gasteiger charge is -2.01. The summed E-state index contributed by atoms with van der Waals surface area (Å²) in [7, 11) is 0. The number of halogens is 2. The van der Waals surface area contributed by atoms with Gasteiger partial charge < -0.3 is 10.3 Å². The minimum absolute atomic E-state index is 0.538. The molecule has 5 heteroatoms. The van der Waals surface area contributed by atoms with Crippen LogP contribution in [-0.4, -0.2) is 16.5 Å². The molecule has 0 aliphatic rings. The van der Waals surface area contributed by atoms with Crippen molar-refractivity contribution in [1.82, 2.24) is 15.3 Å². The molecule has 0 unspecified atom stereocenters. The number of benzene rings is 1. The van der Waals surface area contributed by atoms with Crippen molar-refractivity contribution in [1.29, 1.82) is 0 Å². The second-order valence-corrected chi connectivity index (χ2v) is 4.88. The van der Waals surface area contributed by atoms with Crippen LogP contribution in [0.5, 0.6) is 0 Å². The number of H-pyrrole nitrogens is 1. The zero-order valence-corrected chi connectivity index (χ0v) is 11.6. The van der Waals surface area contributed by atoms with Gasteiger partial charge in [-0.3, -0.25) is 0 Å². The highest BCUT2D eigenvalue weighted by Crippen LogP contribution is 2.26. The standard InChI is InChI=1S/C13H15Cl2N3/c1-2-5-16-7-10-8-17-13(18-10)9-3-4-11(14)12(15)6-9/h3-4,6,8,16H,2,5,7H2,1H3,(H,17,18). The Morgan fingerprint density at radius 1 is 1.28 bits per heavy atom. The first-order chi connectivity index (χ1) is 8.70. The molecule has 0 atom stereocenters. The summed E-state index contributed by atoms with van der Waals surface area (Å²) in [6.07, 6.45) is 2.95. The van der Waals surface area contributed by atoms with E-state index in [1.54, 1.807) is 6.07 Å². The molecule has 0 radical (unpaired) electrons. The van der Waals surface area contributed by atoms with E-state index in [1.165, 1.54) is 0 Å². The molecule has 3 nitrogen and oxygen atoms in total. The molecule has 18 heavy (non-hydrogen) atoms. The van der Waals surface area contributed by atoms with Crippen molar-refractivity contribution >= 4 is 23.2 Å². The Balaban J connectivity index is 2.11. The van der Waals surface area contributed by atoms with Crippen LogP contribution in [0.1, 0.15) is 19.0 Å². The first-order valence-corrected chi connectivity index (χ1v) is 6.66. The third kappa shape index (κ3) is 3.25. The SMILES string of the molecule is CCCNCc1cnc(-c2ccc(Cl)c(Cl)c2)[nH]1. The average molecular weight is 284 g/mol. The monoisotopic (exact) mass is 283 g/mol. The summed E-state index contributed by atoms with van der Waals surface area (Å²) in [6.45, 7) is 3.93. The number of imidazole rings is 1. The molecule has 96 valence electrons. The maximum atomic E-state index is 5.99. The summed E-state index contributed by atoms with van der Waals surface area (Å²) >= 11 is 11.9. The van der Waals surface area contributed by atoms with Crippen molar-refractivity contribution in [3.63, 3.8) is 0 Å². The summed E-state index contributed by atoms with van der Waals surface area (Å²) in [5, 5.41) is 4.41. The Labute approximate surface area is 117 Å². The smallest absolute Gasteiger partial charge is 0.137 e. The van der Waals surface area contributed by atoms with Crippen molar-refractivity contribution in [2.24, 2.45) is 0 Å². The molecule has 1 aromatic heterocycles. The molecule has 1 aromatic carbocycles. The van der Waals surface area contributed by atoms with E-state index < -0.39 is 0 Å². The van der Waals surface area contributed by atoms with Crippen LogP contribution < -0.4 is 5.32 Å². The minimum atomic E-state index is 0.538. The van der Waals surface area contributed by atoms with Crippen LogP contribution in [0.25, 0.3) is 11.4 Å². The number of hydrogen-bond acceptors (Lipinski definition) is 2. The van der Waals surface area contributed by atoms with E-state index in [0.29, 0.717) is 10.0 Å². The van der Waals surface area contributed by atoms with Gasteiger partial charge >= 0.3 is 0 Å². The van der Waals surface area contributed by atoms with E-state index >= 15 is 0 Å². The zero-order chi connectivity index (χ0) is 13.0. The van der Waals surface area contributed by atoms with Gasteiger partial charge in [-0.15, -0.1) is 0 Å². The summed E-state index contributed by atoms with van der Waals surface area (Å²) < 4.78 is 0. The van der Waals surface area contributed by atoms with E-state index in [9.17, 15) is 0 Å². The zero-order valence-electron chi connectivity index (χ0n) is 10.1. The van der Waals surface area contributed by atoms with E-state index in [0.717, 1.165) is 36.6 Å². The third-order valence-corrected chi connectivity index (χ3v) is 3.30. The van der Waals surface area contributed by atoms with Crippen molar-refractivity contribution in [3.05, 3.63) is 40.1 Å². The average Bonchev–Trinajstić information content (AvgIpc) is 2.82. The molecule has 0 spiro atoms. The topological polar surface area (TPSA) is 40.7 Å². The van der Waals surface area contributed by atoms with Gasteiger partial charge in [0.05, 0.1) is 10.0 Å². The second kappa shape index (κ2) is 6.23. The van der Waals surface area contributed by atoms with Crippen LogP contribution in [0.15, 0.2) is 24.4 Å². The molecule has 0 aliphatic heterocycles. The number of nitrogens with zero attached hydrogens (tertiary/aromatic N) is 1. The highest BCUT2D eigenvalue weighted by molar-refractivity contribution is 6.42. The summed E-state index contributed by atoms with van der Waals surface area (Å²) in [5.74, 6) is 0.807. The molecule has 0 aliphatic carbocycles. The molecule has 0 bridgehead atoms. The first-order valence-electron chi connectivity index (χ1n) is 5.90. The van der Waals surface area contributed by atoms with Gasteiger partial charge in [-0.1, -0.05) is 30.1 Å². The van der Waals surface area contributed by atoms with E-state index in [2.05, 4.69) is 22.2 Å². The summed E-state index contributed by atoms with van der Waals surface area (Å²) in [4.78, 5) is 7.60. The molecule has 0 fully saturated rings. The number of aromatic nitrogens is 2. The lowest BCUT2D eigenvalue weighted by molar-refractivity contribution is 0.667. The van der Waals surface area contributed by atoms with E-state index in [1.807, 2.05) is 18.3 Å². The highest BCUT2D eigenvalue weighted by atomic mass is 35.5. The Morgan fingerprint density at radius 3 is 2.83 bits per heavy atom. The lowest BCUT2D eigenvalue weighted by atomic mass is 10.2. The van der Waals surface area contributed by atoms with E-state index in [4.69, 9.17) is 23.2 Å². The molecular formula is C13H15Cl2N3. The Hall–Kier alpha value is -1.03. The van der Waals surface area contributed by atoms with Gasteiger partial charge in [0.25, 0.3) is 0 Å². The lowest BCUT2D eigenvalue weighted by Crippen LogP contribution is -2.13. The van der Waals surface area contributed by atoms with Crippen molar-refractivity contribution in [2.75, 3.05) is 6.54 Å². The number of nitrogens with one attached hydrogen (secondary N) is 2. The molecule has 0 amide bonds.